The average Bonchev–Trinajstić information content (AvgIpc) is 2.57. The molecule has 3 N–H and O–H groups in total. The quantitative estimate of drug-likeness (QED) is 0.878. The summed E-state index contributed by atoms with van der Waals surface area (Å²) in [5.41, 5.74) is 6.27. The van der Waals surface area contributed by atoms with Crippen LogP contribution in [-0.4, -0.2) is 14.0 Å². The SMILES string of the molecule is Cc1cc(S(=O)(=O)NC2(C)CCC2)sc1CN. The van der Waals surface area contributed by atoms with Gasteiger partial charge < -0.3 is 5.73 Å². The summed E-state index contributed by atoms with van der Waals surface area (Å²) in [5, 5.41) is 0. The standard InChI is InChI=1S/C11H18N2O2S2/c1-8-6-10(16-9(8)7-12)17(14,15)13-11(2)4-3-5-11/h6,13H,3-5,7,12H2,1-2H3. The van der Waals surface area contributed by atoms with Crippen LogP contribution < -0.4 is 10.5 Å². The van der Waals surface area contributed by atoms with Crippen molar-refractivity contribution in [2.45, 2.75) is 49.4 Å². The fraction of sp³-hybridized carbons (Fsp3) is 0.636. The van der Waals surface area contributed by atoms with E-state index in [-0.39, 0.29) is 5.54 Å². The normalized spacial score (nSPS) is 19.0. The topological polar surface area (TPSA) is 72.2 Å². The van der Waals surface area contributed by atoms with Crippen LogP contribution in [0.15, 0.2) is 10.3 Å². The number of rotatable bonds is 4. The highest BCUT2D eigenvalue weighted by atomic mass is 32.2. The van der Waals surface area contributed by atoms with Gasteiger partial charge in [0.05, 0.1) is 0 Å². The van der Waals surface area contributed by atoms with Crippen LogP contribution in [0.3, 0.4) is 0 Å². The van der Waals surface area contributed by atoms with Crippen LogP contribution in [0.5, 0.6) is 0 Å². The summed E-state index contributed by atoms with van der Waals surface area (Å²) in [6.07, 6.45) is 2.93. The Kier molecular flexibility index (Phi) is 3.33. The number of hydrogen-bond donors (Lipinski definition) is 2. The van der Waals surface area contributed by atoms with Gasteiger partial charge in [-0.2, -0.15) is 0 Å². The first kappa shape index (κ1) is 13.0. The molecule has 96 valence electrons. The van der Waals surface area contributed by atoms with Crippen molar-refractivity contribution < 1.29 is 8.42 Å². The molecule has 0 spiro atoms. The number of thiophene rings is 1. The second kappa shape index (κ2) is 4.35. The highest BCUT2D eigenvalue weighted by Crippen LogP contribution is 2.34. The summed E-state index contributed by atoms with van der Waals surface area (Å²) in [5.74, 6) is 0. The number of nitrogens with one attached hydrogen (secondary N) is 1. The van der Waals surface area contributed by atoms with Crippen molar-refractivity contribution >= 4 is 21.4 Å². The summed E-state index contributed by atoms with van der Waals surface area (Å²) in [7, 11) is -3.38. The van der Waals surface area contributed by atoms with Crippen molar-refractivity contribution in [1.29, 1.82) is 0 Å². The van der Waals surface area contributed by atoms with Gasteiger partial charge in [0, 0.05) is 17.0 Å². The van der Waals surface area contributed by atoms with Gasteiger partial charge in [-0.25, -0.2) is 13.1 Å². The molecular weight excluding hydrogens is 256 g/mol. The molecule has 0 saturated heterocycles. The molecule has 1 saturated carbocycles. The van der Waals surface area contributed by atoms with E-state index in [0.717, 1.165) is 29.7 Å². The van der Waals surface area contributed by atoms with Gasteiger partial charge in [0.15, 0.2) is 0 Å². The van der Waals surface area contributed by atoms with Crippen LogP contribution in [0.25, 0.3) is 0 Å². The molecule has 17 heavy (non-hydrogen) atoms. The molecule has 1 fully saturated rings. The molecule has 2 rings (SSSR count). The van der Waals surface area contributed by atoms with E-state index in [1.165, 1.54) is 11.3 Å². The molecule has 6 heteroatoms. The van der Waals surface area contributed by atoms with E-state index in [9.17, 15) is 8.42 Å². The predicted molar refractivity (Wildman–Crippen MR) is 69.5 cm³/mol. The fourth-order valence-corrected chi connectivity index (χ4v) is 4.94. The molecule has 1 aromatic rings. The first-order valence-corrected chi connectivity index (χ1v) is 8.00. The molecule has 0 amide bonds. The zero-order valence-corrected chi connectivity index (χ0v) is 11.7. The van der Waals surface area contributed by atoms with Crippen LogP contribution in [-0.2, 0) is 16.6 Å². The smallest absolute Gasteiger partial charge is 0.250 e. The Hall–Kier alpha value is -0.430. The van der Waals surface area contributed by atoms with Gasteiger partial charge in [0.25, 0.3) is 10.0 Å². The van der Waals surface area contributed by atoms with Crippen LogP contribution in [0.4, 0.5) is 0 Å². The Labute approximate surface area is 106 Å². The lowest BCUT2D eigenvalue weighted by Crippen LogP contribution is -2.50. The third-order valence-electron chi connectivity index (χ3n) is 3.29. The highest BCUT2D eigenvalue weighted by molar-refractivity contribution is 7.91. The van der Waals surface area contributed by atoms with E-state index in [1.807, 2.05) is 13.8 Å². The van der Waals surface area contributed by atoms with Gasteiger partial charge in [0.2, 0.25) is 0 Å². The Morgan fingerprint density at radius 1 is 1.53 bits per heavy atom. The summed E-state index contributed by atoms with van der Waals surface area (Å²) in [4.78, 5) is 0.934. The Morgan fingerprint density at radius 2 is 2.18 bits per heavy atom. The van der Waals surface area contributed by atoms with Gasteiger partial charge in [-0.15, -0.1) is 11.3 Å². The molecule has 1 aromatic heterocycles. The number of nitrogens with two attached hydrogens (primary N) is 1. The van der Waals surface area contributed by atoms with Gasteiger partial charge in [0.1, 0.15) is 4.21 Å². The highest BCUT2D eigenvalue weighted by Gasteiger charge is 2.36. The maximum absolute atomic E-state index is 12.2. The Bertz CT molecular complexity index is 516. The Balaban J connectivity index is 2.25. The van der Waals surface area contributed by atoms with Gasteiger partial charge in [-0.3, -0.25) is 0 Å². The third-order valence-corrected chi connectivity index (χ3v) is 6.66. The van der Waals surface area contributed by atoms with Gasteiger partial charge in [-0.1, -0.05) is 0 Å². The summed E-state index contributed by atoms with van der Waals surface area (Å²) >= 11 is 1.27. The van der Waals surface area contributed by atoms with Crippen molar-refractivity contribution in [2.24, 2.45) is 5.73 Å². The lowest BCUT2D eigenvalue weighted by atomic mass is 9.80. The van der Waals surface area contributed by atoms with Gasteiger partial charge in [-0.05, 0) is 44.7 Å². The molecule has 0 aromatic carbocycles. The van der Waals surface area contributed by atoms with Crippen LogP contribution in [0.1, 0.15) is 36.6 Å². The zero-order chi connectivity index (χ0) is 12.7. The van der Waals surface area contributed by atoms with Crippen molar-refractivity contribution in [3.63, 3.8) is 0 Å². The van der Waals surface area contributed by atoms with Crippen molar-refractivity contribution in [2.75, 3.05) is 0 Å². The van der Waals surface area contributed by atoms with Crippen LogP contribution in [0.2, 0.25) is 0 Å². The van der Waals surface area contributed by atoms with E-state index in [4.69, 9.17) is 5.73 Å². The molecule has 0 radical (unpaired) electrons. The van der Waals surface area contributed by atoms with E-state index < -0.39 is 10.0 Å². The predicted octanol–water partition coefficient (Wildman–Crippen LogP) is 1.74. The third kappa shape index (κ3) is 2.54. The van der Waals surface area contributed by atoms with E-state index in [2.05, 4.69) is 4.72 Å². The van der Waals surface area contributed by atoms with Crippen molar-refractivity contribution in [1.82, 2.24) is 4.72 Å². The summed E-state index contributed by atoms with van der Waals surface area (Å²) in [6.45, 7) is 4.24. The van der Waals surface area contributed by atoms with Crippen LogP contribution >= 0.6 is 11.3 Å². The first-order chi connectivity index (χ1) is 7.86. The molecule has 0 unspecified atom stereocenters. The average molecular weight is 274 g/mol. The van der Waals surface area contributed by atoms with Crippen molar-refractivity contribution in [3.05, 3.63) is 16.5 Å². The van der Waals surface area contributed by atoms with E-state index >= 15 is 0 Å². The van der Waals surface area contributed by atoms with E-state index in [0.29, 0.717) is 10.8 Å². The first-order valence-electron chi connectivity index (χ1n) is 5.70. The second-order valence-electron chi connectivity index (χ2n) is 4.90. The maximum atomic E-state index is 12.2. The van der Waals surface area contributed by atoms with Crippen molar-refractivity contribution in [3.8, 4) is 0 Å². The zero-order valence-electron chi connectivity index (χ0n) is 10.1. The molecule has 0 aliphatic heterocycles. The minimum absolute atomic E-state index is 0.250. The number of hydrogen-bond acceptors (Lipinski definition) is 4. The molecule has 4 nitrogen and oxygen atoms in total. The molecule has 1 heterocycles. The summed E-state index contributed by atoms with van der Waals surface area (Å²) in [6, 6.07) is 1.71. The molecule has 1 aliphatic rings. The second-order valence-corrected chi connectivity index (χ2v) is 7.94. The number of sulfonamides is 1. The van der Waals surface area contributed by atoms with Crippen LogP contribution in [0, 0.1) is 6.92 Å². The maximum Gasteiger partial charge on any atom is 0.250 e. The molecule has 1 aliphatic carbocycles. The fourth-order valence-electron chi connectivity index (χ4n) is 2.01. The van der Waals surface area contributed by atoms with E-state index in [1.54, 1.807) is 6.07 Å². The summed E-state index contributed by atoms with van der Waals surface area (Å²) < 4.78 is 27.5. The molecular formula is C11H18N2O2S2. The number of aryl methyl sites for hydroxylation is 1. The largest absolute Gasteiger partial charge is 0.326 e. The minimum Gasteiger partial charge on any atom is -0.326 e. The lowest BCUT2D eigenvalue weighted by molar-refractivity contribution is 0.248. The van der Waals surface area contributed by atoms with Gasteiger partial charge >= 0.3 is 0 Å². The lowest BCUT2D eigenvalue weighted by Gasteiger charge is -2.38. The molecule has 0 atom stereocenters. The molecule has 0 bridgehead atoms. The Morgan fingerprint density at radius 3 is 2.59 bits per heavy atom. The monoisotopic (exact) mass is 274 g/mol. The minimum atomic E-state index is -3.38.